The molecule has 0 unspecified atom stereocenters. The zero-order valence-electron chi connectivity index (χ0n) is 10.2. The molecule has 3 nitrogen and oxygen atoms in total. The van der Waals surface area contributed by atoms with Crippen molar-refractivity contribution < 1.29 is 9.59 Å². The number of carbonyl (C=O) groups is 2. The number of para-hydroxylation sites is 1. The van der Waals surface area contributed by atoms with Gasteiger partial charge in [0.1, 0.15) is 0 Å². The molecule has 0 spiro atoms. The third-order valence-corrected chi connectivity index (χ3v) is 2.48. The van der Waals surface area contributed by atoms with Gasteiger partial charge in [0, 0.05) is 5.69 Å². The fourth-order valence-electron chi connectivity index (χ4n) is 1.53. The van der Waals surface area contributed by atoms with Crippen LogP contribution < -0.4 is 5.32 Å². The maximum absolute atomic E-state index is 11.6. The van der Waals surface area contributed by atoms with Crippen LogP contribution in [0, 0.1) is 0 Å². The van der Waals surface area contributed by atoms with Crippen molar-refractivity contribution in [3.05, 3.63) is 72.3 Å². The number of benzene rings is 2. The number of hydrogen-bond donors (Lipinski definition) is 1. The van der Waals surface area contributed by atoms with Crippen LogP contribution in [-0.2, 0) is 9.59 Å². The number of ketones is 1. The number of rotatable bonds is 4. The van der Waals surface area contributed by atoms with Gasteiger partial charge in [-0.3, -0.25) is 9.59 Å². The highest BCUT2D eigenvalue weighted by atomic mass is 16.2. The molecule has 1 amide bonds. The average molecular weight is 251 g/mol. The largest absolute Gasteiger partial charge is 0.319 e. The lowest BCUT2D eigenvalue weighted by atomic mass is 10.2. The van der Waals surface area contributed by atoms with Gasteiger partial charge < -0.3 is 5.32 Å². The van der Waals surface area contributed by atoms with Crippen molar-refractivity contribution in [2.24, 2.45) is 0 Å². The summed E-state index contributed by atoms with van der Waals surface area (Å²) in [6.45, 7) is 0. The normalized spacial score (nSPS) is 10.3. The van der Waals surface area contributed by atoms with E-state index in [2.05, 4.69) is 5.32 Å². The summed E-state index contributed by atoms with van der Waals surface area (Å²) in [7, 11) is 0. The summed E-state index contributed by atoms with van der Waals surface area (Å²) in [5.74, 6) is -1.22. The van der Waals surface area contributed by atoms with Gasteiger partial charge in [0.2, 0.25) is 5.78 Å². The molecule has 0 saturated heterocycles. The minimum absolute atomic E-state index is 0.576. The molecule has 94 valence electrons. The second-order valence-electron chi connectivity index (χ2n) is 3.93. The molecule has 3 heteroatoms. The number of carbonyl (C=O) groups excluding carboxylic acids is 2. The summed E-state index contributed by atoms with van der Waals surface area (Å²) in [6, 6.07) is 18.2. The van der Waals surface area contributed by atoms with Crippen molar-refractivity contribution in [2.45, 2.75) is 0 Å². The summed E-state index contributed by atoms with van der Waals surface area (Å²) < 4.78 is 0. The van der Waals surface area contributed by atoms with Crippen LogP contribution in [0.2, 0.25) is 0 Å². The Bertz CT molecular complexity index is 589. The van der Waals surface area contributed by atoms with Crippen LogP contribution in [0.5, 0.6) is 0 Å². The van der Waals surface area contributed by atoms with Gasteiger partial charge in [0.05, 0.1) is 0 Å². The Morgan fingerprint density at radius 2 is 1.42 bits per heavy atom. The van der Waals surface area contributed by atoms with Crippen molar-refractivity contribution in [1.29, 1.82) is 0 Å². The molecule has 2 rings (SSSR count). The fraction of sp³-hybridized carbons (Fsp3) is 0. The van der Waals surface area contributed by atoms with E-state index in [4.69, 9.17) is 0 Å². The molecule has 0 aliphatic rings. The van der Waals surface area contributed by atoms with Crippen LogP contribution in [0.3, 0.4) is 0 Å². The third-order valence-electron chi connectivity index (χ3n) is 2.48. The van der Waals surface area contributed by atoms with Crippen LogP contribution in [0.1, 0.15) is 5.56 Å². The molecule has 0 fully saturated rings. The van der Waals surface area contributed by atoms with E-state index in [0.29, 0.717) is 5.69 Å². The Morgan fingerprint density at radius 1 is 0.842 bits per heavy atom. The maximum Gasteiger partial charge on any atom is 0.296 e. The van der Waals surface area contributed by atoms with Gasteiger partial charge in [-0.25, -0.2) is 0 Å². The van der Waals surface area contributed by atoms with Gasteiger partial charge in [-0.15, -0.1) is 0 Å². The highest BCUT2D eigenvalue weighted by Gasteiger charge is 2.09. The predicted molar refractivity (Wildman–Crippen MR) is 75.6 cm³/mol. The maximum atomic E-state index is 11.6. The van der Waals surface area contributed by atoms with Gasteiger partial charge in [-0.2, -0.15) is 0 Å². The smallest absolute Gasteiger partial charge is 0.296 e. The minimum atomic E-state index is -0.640. The highest BCUT2D eigenvalue weighted by Crippen LogP contribution is 2.05. The Morgan fingerprint density at radius 3 is 2.05 bits per heavy atom. The van der Waals surface area contributed by atoms with E-state index in [0.717, 1.165) is 5.56 Å². The Balaban J connectivity index is 1.97. The number of nitrogens with one attached hydrogen (secondary N) is 1. The van der Waals surface area contributed by atoms with Crippen molar-refractivity contribution in [2.75, 3.05) is 5.32 Å². The minimum Gasteiger partial charge on any atom is -0.319 e. The van der Waals surface area contributed by atoms with E-state index >= 15 is 0 Å². The molecule has 0 heterocycles. The summed E-state index contributed by atoms with van der Waals surface area (Å²) in [4.78, 5) is 23.2. The van der Waals surface area contributed by atoms with Crippen molar-refractivity contribution >= 4 is 23.5 Å². The molecule has 0 aliphatic heterocycles. The lowest BCUT2D eigenvalue weighted by Crippen LogP contribution is -2.20. The predicted octanol–water partition coefficient (Wildman–Crippen LogP) is 2.91. The second kappa shape index (κ2) is 6.31. The molecule has 0 bridgehead atoms. The quantitative estimate of drug-likeness (QED) is 0.670. The molecular weight excluding hydrogens is 238 g/mol. The third kappa shape index (κ3) is 3.92. The molecule has 0 atom stereocenters. The summed E-state index contributed by atoms with van der Waals surface area (Å²) in [5.41, 5.74) is 1.48. The average Bonchev–Trinajstić information content (AvgIpc) is 2.47. The molecule has 0 aliphatic carbocycles. The second-order valence-corrected chi connectivity index (χ2v) is 3.93. The molecular formula is C16H13NO2. The van der Waals surface area contributed by atoms with Crippen LogP contribution in [0.25, 0.3) is 6.08 Å². The molecule has 1 N–H and O–H groups in total. The van der Waals surface area contributed by atoms with E-state index in [1.165, 1.54) is 6.08 Å². The lowest BCUT2D eigenvalue weighted by Gasteiger charge is -2.01. The molecule has 2 aromatic carbocycles. The number of anilines is 1. The summed E-state index contributed by atoms with van der Waals surface area (Å²) >= 11 is 0. The summed E-state index contributed by atoms with van der Waals surface area (Å²) in [5, 5.41) is 2.54. The van der Waals surface area contributed by atoms with Gasteiger partial charge in [-0.1, -0.05) is 54.6 Å². The first-order chi connectivity index (χ1) is 9.25. The Labute approximate surface area is 111 Å². The van der Waals surface area contributed by atoms with Gasteiger partial charge in [0.25, 0.3) is 5.91 Å². The first-order valence-corrected chi connectivity index (χ1v) is 5.89. The molecule has 0 radical (unpaired) electrons. The van der Waals surface area contributed by atoms with Crippen molar-refractivity contribution in [3.63, 3.8) is 0 Å². The topological polar surface area (TPSA) is 46.2 Å². The highest BCUT2D eigenvalue weighted by molar-refractivity contribution is 6.45. The van der Waals surface area contributed by atoms with E-state index < -0.39 is 11.7 Å². The van der Waals surface area contributed by atoms with Crippen molar-refractivity contribution in [3.8, 4) is 0 Å². The van der Waals surface area contributed by atoms with E-state index in [1.807, 2.05) is 36.4 Å². The first kappa shape index (κ1) is 12.8. The Hall–Kier alpha value is -2.68. The van der Waals surface area contributed by atoms with Gasteiger partial charge >= 0.3 is 0 Å². The van der Waals surface area contributed by atoms with Crippen molar-refractivity contribution in [1.82, 2.24) is 0 Å². The van der Waals surface area contributed by atoms with E-state index in [1.54, 1.807) is 30.3 Å². The zero-order chi connectivity index (χ0) is 13.5. The SMILES string of the molecule is O=C(C=Cc1ccccc1)C(=O)Nc1ccccc1. The molecule has 0 aromatic heterocycles. The number of hydrogen-bond acceptors (Lipinski definition) is 2. The molecule has 19 heavy (non-hydrogen) atoms. The standard InChI is InChI=1S/C16H13NO2/c18-15(12-11-13-7-3-1-4-8-13)16(19)17-14-9-5-2-6-10-14/h1-12H,(H,17,19). The van der Waals surface area contributed by atoms with Gasteiger partial charge in [-0.05, 0) is 23.8 Å². The van der Waals surface area contributed by atoms with E-state index in [-0.39, 0.29) is 0 Å². The zero-order valence-corrected chi connectivity index (χ0v) is 10.2. The molecule has 2 aromatic rings. The first-order valence-electron chi connectivity index (χ1n) is 5.89. The fourth-order valence-corrected chi connectivity index (χ4v) is 1.53. The monoisotopic (exact) mass is 251 g/mol. The summed E-state index contributed by atoms with van der Waals surface area (Å²) in [6.07, 6.45) is 2.89. The molecule has 0 saturated carbocycles. The van der Waals surface area contributed by atoms with Crippen LogP contribution in [-0.4, -0.2) is 11.7 Å². The lowest BCUT2D eigenvalue weighted by molar-refractivity contribution is -0.131. The van der Waals surface area contributed by atoms with Gasteiger partial charge in [0.15, 0.2) is 0 Å². The van der Waals surface area contributed by atoms with Crippen LogP contribution in [0.15, 0.2) is 66.7 Å². The Kier molecular flexibility index (Phi) is 4.24. The van der Waals surface area contributed by atoms with Crippen LogP contribution in [0.4, 0.5) is 5.69 Å². The van der Waals surface area contributed by atoms with E-state index in [9.17, 15) is 9.59 Å². The number of amides is 1. The van der Waals surface area contributed by atoms with Crippen LogP contribution >= 0.6 is 0 Å².